The minimum Gasteiger partial charge on any atom is -0.352 e. The summed E-state index contributed by atoms with van der Waals surface area (Å²) in [5.74, 6) is -1.06. The van der Waals surface area contributed by atoms with Crippen molar-refractivity contribution in [3.05, 3.63) is 71.1 Å². The molecule has 3 N–H and O–H groups in total. The van der Waals surface area contributed by atoms with Gasteiger partial charge in [-0.3, -0.25) is 19.3 Å². The van der Waals surface area contributed by atoms with Gasteiger partial charge in [-0.2, -0.15) is 0 Å². The summed E-state index contributed by atoms with van der Waals surface area (Å²) in [6, 6.07) is 16.0. The number of aromatic nitrogens is 1. The van der Waals surface area contributed by atoms with Crippen LogP contribution in [0.3, 0.4) is 0 Å². The lowest BCUT2D eigenvalue weighted by Crippen LogP contribution is -2.44. The number of hydrogen-bond acceptors (Lipinski definition) is 6. The Morgan fingerprint density at radius 3 is 2.46 bits per heavy atom. The highest BCUT2D eigenvalue weighted by Gasteiger charge is 2.51. The number of rotatable bonds is 8. The lowest BCUT2D eigenvalue weighted by molar-refractivity contribution is -0.134. The topological polar surface area (TPSA) is 120 Å². The molecule has 35 heavy (non-hydrogen) atoms. The van der Waals surface area contributed by atoms with E-state index in [1.807, 2.05) is 42.6 Å². The van der Waals surface area contributed by atoms with E-state index < -0.39 is 29.9 Å². The molecule has 0 radical (unpaired) electrons. The smallest absolute Gasteiger partial charge is 0.325 e. The molecule has 0 spiro atoms. The number of thiazole rings is 1. The Labute approximate surface area is 206 Å². The number of anilines is 1. The fourth-order valence-electron chi connectivity index (χ4n) is 3.92. The van der Waals surface area contributed by atoms with Gasteiger partial charge in [0, 0.05) is 24.4 Å². The molecule has 0 aliphatic carbocycles. The number of carbonyl (C=O) groups is 4. The molecular formula is C25H25N5O4S. The van der Waals surface area contributed by atoms with Gasteiger partial charge in [-0.05, 0) is 17.5 Å². The zero-order chi connectivity index (χ0) is 25.0. The summed E-state index contributed by atoms with van der Waals surface area (Å²) in [4.78, 5) is 54.9. The van der Waals surface area contributed by atoms with Gasteiger partial charge >= 0.3 is 6.03 Å². The van der Waals surface area contributed by atoms with Crippen LogP contribution >= 0.6 is 11.3 Å². The van der Waals surface area contributed by atoms with Crippen molar-refractivity contribution < 1.29 is 19.2 Å². The standard InChI is InChI=1S/C25H25N5O4S/c1-3-25(19-7-5-4-6-8-19)22(33)30(24(34)29-25)14-21(32)28-23-27-20(15-35-23)18-11-9-17(10-12-18)13-26-16(2)31/h4-12,15H,3,13-14H2,1-2H3,(H,26,31)(H,29,34)(H,27,28,32). The van der Waals surface area contributed by atoms with Crippen LogP contribution in [0.15, 0.2) is 60.0 Å². The van der Waals surface area contributed by atoms with Crippen LogP contribution in [0.5, 0.6) is 0 Å². The van der Waals surface area contributed by atoms with Gasteiger partial charge in [-0.1, -0.05) is 61.5 Å². The predicted octanol–water partition coefficient (Wildman–Crippen LogP) is 3.24. The van der Waals surface area contributed by atoms with Crippen LogP contribution in [0.4, 0.5) is 9.93 Å². The van der Waals surface area contributed by atoms with Crippen molar-refractivity contribution in [2.45, 2.75) is 32.4 Å². The second-order valence-corrected chi connectivity index (χ2v) is 9.00. The molecular weight excluding hydrogens is 466 g/mol. The summed E-state index contributed by atoms with van der Waals surface area (Å²) in [5.41, 5.74) is 1.99. The molecule has 2 aromatic carbocycles. The summed E-state index contributed by atoms with van der Waals surface area (Å²) in [5, 5.41) is 10.4. The van der Waals surface area contributed by atoms with Gasteiger partial charge in [0.2, 0.25) is 11.8 Å². The van der Waals surface area contributed by atoms with E-state index in [-0.39, 0.29) is 5.91 Å². The molecule has 1 saturated heterocycles. The molecule has 1 aliphatic heterocycles. The Morgan fingerprint density at radius 1 is 1.09 bits per heavy atom. The average Bonchev–Trinajstić information content (AvgIpc) is 3.42. The average molecular weight is 492 g/mol. The highest BCUT2D eigenvalue weighted by Crippen LogP contribution is 2.32. The number of carbonyl (C=O) groups excluding carboxylic acids is 4. The molecule has 0 saturated carbocycles. The molecule has 4 rings (SSSR count). The quantitative estimate of drug-likeness (QED) is 0.418. The number of nitrogens with zero attached hydrogens (tertiary/aromatic N) is 2. The lowest BCUT2D eigenvalue weighted by Gasteiger charge is -2.25. The SMILES string of the molecule is CCC1(c2ccccc2)NC(=O)N(CC(=O)Nc2nc(-c3ccc(CNC(C)=O)cc3)cs2)C1=O. The molecule has 1 aliphatic rings. The van der Waals surface area contributed by atoms with Crippen molar-refractivity contribution in [3.8, 4) is 11.3 Å². The van der Waals surface area contributed by atoms with Crippen molar-refractivity contribution >= 4 is 40.2 Å². The van der Waals surface area contributed by atoms with Gasteiger partial charge in [-0.25, -0.2) is 9.78 Å². The maximum atomic E-state index is 13.2. The number of amides is 5. The van der Waals surface area contributed by atoms with Gasteiger partial charge in [0.15, 0.2) is 5.13 Å². The van der Waals surface area contributed by atoms with Crippen LogP contribution in [0.2, 0.25) is 0 Å². The summed E-state index contributed by atoms with van der Waals surface area (Å²) in [6.07, 6.45) is 0.360. The fraction of sp³-hybridized carbons (Fsp3) is 0.240. The molecule has 1 fully saturated rings. The molecule has 1 unspecified atom stereocenters. The van der Waals surface area contributed by atoms with Gasteiger partial charge in [0.25, 0.3) is 5.91 Å². The number of hydrogen-bond donors (Lipinski definition) is 3. The molecule has 2 heterocycles. The predicted molar refractivity (Wildman–Crippen MR) is 132 cm³/mol. The summed E-state index contributed by atoms with van der Waals surface area (Å²) in [6.45, 7) is 3.32. The van der Waals surface area contributed by atoms with E-state index in [0.29, 0.717) is 29.4 Å². The Morgan fingerprint density at radius 2 is 1.80 bits per heavy atom. The maximum absolute atomic E-state index is 13.2. The van der Waals surface area contributed by atoms with Crippen LogP contribution < -0.4 is 16.0 Å². The highest BCUT2D eigenvalue weighted by molar-refractivity contribution is 7.14. The van der Waals surface area contributed by atoms with E-state index in [0.717, 1.165) is 16.0 Å². The maximum Gasteiger partial charge on any atom is 0.325 e. The van der Waals surface area contributed by atoms with Gasteiger partial charge < -0.3 is 16.0 Å². The van der Waals surface area contributed by atoms with E-state index in [2.05, 4.69) is 20.9 Å². The van der Waals surface area contributed by atoms with Gasteiger partial charge in [0.05, 0.1) is 5.69 Å². The summed E-state index contributed by atoms with van der Waals surface area (Å²) >= 11 is 1.25. The number of imide groups is 1. The molecule has 1 aromatic heterocycles. The number of urea groups is 1. The first kappa shape index (κ1) is 24.1. The number of benzene rings is 2. The van der Waals surface area contributed by atoms with E-state index in [4.69, 9.17) is 0 Å². The van der Waals surface area contributed by atoms with Crippen LogP contribution in [-0.2, 0) is 26.5 Å². The van der Waals surface area contributed by atoms with Crippen molar-refractivity contribution in [1.29, 1.82) is 0 Å². The largest absolute Gasteiger partial charge is 0.352 e. The van der Waals surface area contributed by atoms with Gasteiger partial charge in [-0.15, -0.1) is 11.3 Å². The molecule has 9 nitrogen and oxygen atoms in total. The second-order valence-electron chi connectivity index (χ2n) is 8.14. The molecule has 5 amide bonds. The highest BCUT2D eigenvalue weighted by atomic mass is 32.1. The van der Waals surface area contributed by atoms with Crippen molar-refractivity contribution in [1.82, 2.24) is 20.5 Å². The monoisotopic (exact) mass is 491 g/mol. The second kappa shape index (κ2) is 10.1. The van der Waals surface area contributed by atoms with E-state index in [1.165, 1.54) is 18.3 Å². The van der Waals surface area contributed by atoms with E-state index in [9.17, 15) is 19.2 Å². The van der Waals surface area contributed by atoms with Gasteiger partial charge in [0.1, 0.15) is 12.1 Å². The van der Waals surface area contributed by atoms with Crippen molar-refractivity contribution in [3.63, 3.8) is 0 Å². The third-order valence-electron chi connectivity index (χ3n) is 5.82. The first-order valence-corrected chi connectivity index (χ1v) is 12.0. The molecule has 3 aromatic rings. The van der Waals surface area contributed by atoms with Crippen LogP contribution in [0, 0.1) is 0 Å². The first-order chi connectivity index (χ1) is 16.8. The molecule has 10 heteroatoms. The summed E-state index contributed by atoms with van der Waals surface area (Å²) in [7, 11) is 0. The van der Waals surface area contributed by atoms with Crippen LogP contribution in [0.1, 0.15) is 31.4 Å². The molecule has 180 valence electrons. The lowest BCUT2D eigenvalue weighted by atomic mass is 9.87. The Bertz CT molecular complexity index is 1260. The first-order valence-electron chi connectivity index (χ1n) is 11.1. The Balaban J connectivity index is 1.40. The van der Waals surface area contributed by atoms with E-state index in [1.54, 1.807) is 24.3 Å². The Kier molecular flexibility index (Phi) is 6.92. The van der Waals surface area contributed by atoms with Crippen molar-refractivity contribution in [2.24, 2.45) is 0 Å². The minimum absolute atomic E-state index is 0.0949. The summed E-state index contributed by atoms with van der Waals surface area (Å²) < 4.78 is 0. The Hall–Kier alpha value is -4.05. The zero-order valence-corrected chi connectivity index (χ0v) is 20.1. The molecule has 0 bridgehead atoms. The zero-order valence-electron chi connectivity index (χ0n) is 19.3. The van der Waals surface area contributed by atoms with Crippen LogP contribution in [-0.4, -0.2) is 40.2 Å². The molecule has 1 atom stereocenters. The third-order valence-corrected chi connectivity index (χ3v) is 6.57. The third kappa shape index (κ3) is 5.07. The minimum atomic E-state index is -1.18. The number of nitrogens with one attached hydrogen (secondary N) is 3. The normalized spacial score (nSPS) is 17.3. The van der Waals surface area contributed by atoms with E-state index >= 15 is 0 Å². The van der Waals surface area contributed by atoms with Crippen LogP contribution in [0.25, 0.3) is 11.3 Å². The van der Waals surface area contributed by atoms with Crippen molar-refractivity contribution in [2.75, 3.05) is 11.9 Å². The fourth-order valence-corrected chi connectivity index (χ4v) is 4.65.